The molecule has 2 aromatic rings. The molecule has 1 aromatic carbocycles. The normalized spacial score (nSPS) is 10.3. The fourth-order valence-corrected chi connectivity index (χ4v) is 2.03. The molecule has 3 heteroatoms. The Labute approximate surface area is 113 Å². The second-order valence-corrected chi connectivity index (χ2v) is 4.76. The number of hydrogen-bond acceptors (Lipinski definition) is 3. The summed E-state index contributed by atoms with van der Waals surface area (Å²) < 4.78 is 5.75. The van der Waals surface area contributed by atoms with Crippen LogP contribution in [0.1, 0.15) is 36.6 Å². The van der Waals surface area contributed by atoms with Crippen molar-refractivity contribution in [3.05, 3.63) is 53.3 Å². The summed E-state index contributed by atoms with van der Waals surface area (Å²) in [7, 11) is 0. The van der Waals surface area contributed by atoms with Crippen LogP contribution in [-0.4, -0.2) is 4.98 Å². The summed E-state index contributed by atoms with van der Waals surface area (Å²) in [4.78, 5) is 3.91. The number of nitrogens with zero attached hydrogens (tertiary/aromatic N) is 2. The molecule has 19 heavy (non-hydrogen) atoms. The maximum absolute atomic E-state index is 8.80. The Morgan fingerprint density at radius 2 is 1.89 bits per heavy atom. The number of benzene rings is 1. The van der Waals surface area contributed by atoms with E-state index in [0.717, 1.165) is 5.75 Å². The maximum Gasteiger partial charge on any atom is 0.144 e. The van der Waals surface area contributed by atoms with Gasteiger partial charge >= 0.3 is 0 Å². The maximum atomic E-state index is 8.80. The van der Waals surface area contributed by atoms with Crippen molar-refractivity contribution >= 4 is 0 Å². The molecule has 1 aromatic heterocycles. The lowest BCUT2D eigenvalue weighted by Crippen LogP contribution is -1.93. The zero-order valence-corrected chi connectivity index (χ0v) is 11.3. The molecule has 96 valence electrons. The van der Waals surface area contributed by atoms with Crippen molar-refractivity contribution in [1.29, 1.82) is 5.26 Å². The molecule has 0 amide bonds. The van der Waals surface area contributed by atoms with Crippen molar-refractivity contribution in [3.63, 3.8) is 0 Å². The zero-order valence-electron chi connectivity index (χ0n) is 11.3. The molecule has 0 spiro atoms. The molecule has 1 heterocycles. The lowest BCUT2D eigenvalue weighted by molar-refractivity contribution is 0.481. The van der Waals surface area contributed by atoms with Crippen LogP contribution in [0.5, 0.6) is 11.5 Å². The quantitative estimate of drug-likeness (QED) is 0.823. The van der Waals surface area contributed by atoms with Crippen LogP contribution in [0.2, 0.25) is 0 Å². The van der Waals surface area contributed by atoms with Crippen molar-refractivity contribution in [3.8, 4) is 17.6 Å². The lowest BCUT2D eigenvalue weighted by atomic mass is 9.98. The molecule has 0 atom stereocenters. The fourth-order valence-electron chi connectivity index (χ4n) is 2.03. The first-order valence-electron chi connectivity index (χ1n) is 6.24. The van der Waals surface area contributed by atoms with Crippen LogP contribution in [-0.2, 0) is 0 Å². The summed E-state index contributed by atoms with van der Waals surface area (Å²) in [6.45, 7) is 6.42. The molecule has 0 aliphatic carbocycles. The molecule has 0 fully saturated rings. The largest absolute Gasteiger partial charge is 0.457 e. The SMILES string of the molecule is Cc1cc(Oc2ccnc(C#N)c2)ccc1C(C)C. The first kappa shape index (κ1) is 13.1. The summed E-state index contributed by atoms with van der Waals surface area (Å²) in [6, 6.07) is 11.4. The molecule has 2 rings (SSSR count). The minimum absolute atomic E-state index is 0.355. The van der Waals surface area contributed by atoms with Gasteiger partial charge in [0.15, 0.2) is 0 Å². The highest BCUT2D eigenvalue weighted by Crippen LogP contribution is 2.27. The molecule has 0 saturated carbocycles. The number of ether oxygens (including phenoxy) is 1. The third-order valence-electron chi connectivity index (χ3n) is 2.94. The van der Waals surface area contributed by atoms with Gasteiger partial charge in [-0.2, -0.15) is 5.26 Å². The number of rotatable bonds is 3. The van der Waals surface area contributed by atoms with E-state index in [4.69, 9.17) is 10.00 Å². The molecular formula is C16H16N2O. The van der Waals surface area contributed by atoms with Gasteiger partial charge in [0, 0.05) is 12.3 Å². The lowest BCUT2D eigenvalue weighted by Gasteiger charge is -2.12. The van der Waals surface area contributed by atoms with E-state index in [2.05, 4.69) is 31.8 Å². The van der Waals surface area contributed by atoms with E-state index in [9.17, 15) is 0 Å². The highest BCUT2D eigenvalue weighted by molar-refractivity contribution is 5.40. The smallest absolute Gasteiger partial charge is 0.144 e. The summed E-state index contributed by atoms with van der Waals surface area (Å²) in [6.07, 6.45) is 1.57. The minimum Gasteiger partial charge on any atom is -0.457 e. The van der Waals surface area contributed by atoms with Gasteiger partial charge in [0.1, 0.15) is 23.3 Å². The molecule has 3 nitrogen and oxygen atoms in total. The second kappa shape index (κ2) is 5.53. The molecular weight excluding hydrogens is 236 g/mol. The fraction of sp³-hybridized carbons (Fsp3) is 0.250. The summed E-state index contributed by atoms with van der Waals surface area (Å²) in [5.41, 5.74) is 2.88. The van der Waals surface area contributed by atoms with Gasteiger partial charge in [-0.05, 0) is 42.2 Å². The first-order valence-corrected chi connectivity index (χ1v) is 6.24. The highest BCUT2D eigenvalue weighted by Gasteiger charge is 2.06. The average Bonchev–Trinajstić information content (AvgIpc) is 2.38. The Morgan fingerprint density at radius 1 is 1.16 bits per heavy atom. The summed E-state index contributed by atoms with van der Waals surface area (Å²) in [5.74, 6) is 1.90. The van der Waals surface area contributed by atoms with Gasteiger partial charge in [0.05, 0.1) is 0 Å². The molecule has 0 radical (unpaired) electrons. The van der Waals surface area contributed by atoms with Crippen molar-refractivity contribution in [2.75, 3.05) is 0 Å². The Morgan fingerprint density at radius 3 is 2.53 bits per heavy atom. The van der Waals surface area contributed by atoms with Gasteiger partial charge in [-0.1, -0.05) is 19.9 Å². The van der Waals surface area contributed by atoms with Crippen LogP contribution >= 0.6 is 0 Å². The van der Waals surface area contributed by atoms with Gasteiger partial charge in [-0.25, -0.2) is 4.98 Å². The molecule has 0 aliphatic rings. The number of aryl methyl sites for hydroxylation is 1. The van der Waals surface area contributed by atoms with Crippen molar-refractivity contribution < 1.29 is 4.74 Å². The van der Waals surface area contributed by atoms with Crippen LogP contribution in [0.25, 0.3) is 0 Å². The highest BCUT2D eigenvalue weighted by atomic mass is 16.5. The number of aromatic nitrogens is 1. The van der Waals surface area contributed by atoms with Crippen molar-refractivity contribution in [1.82, 2.24) is 4.98 Å². The predicted octanol–water partition coefficient (Wildman–Crippen LogP) is 4.18. The van der Waals surface area contributed by atoms with Crippen molar-refractivity contribution in [2.24, 2.45) is 0 Å². The molecule has 0 unspecified atom stereocenters. The van der Waals surface area contributed by atoms with Crippen LogP contribution < -0.4 is 4.74 Å². The minimum atomic E-state index is 0.355. The van der Waals surface area contributed by atoms with E-state index < -0.39 is 0 Å². The standard InChI is InChI=1S/C16H16N2O/c1-11(2)16-5-4-14(8-12(16)3)19-15-6-7-18-13(9-15)10-17/h4-9,11H,1-3H3. The third kappa shape index (κ3) is 3.11. The van der Waals surface area contributed by atoms with E-state index >= 15 is 0 Å². The van der Waals surface area contributed by atoms with Crippen LogP contribution in [0.3, 0.4) is 0 Å². The predicted molar refractivity (Wildman–Crippen MR) is 74.3 cm³/mol. The number of nitriles is 1. The van der Waals surface area contributed by atoms with Crippen LogP contribution in [0.15, 0.2) is 36.5 Å². The third-order valence-corrected chi connectivity index (χ3v) is 2.94. The van der Waals surface area contributed by atoms with Crippen molar-refractivity contribution in [2.45, 2.75) is 26.7 Å². The Kier molecular flexibility index (Phi) is 3.82. The average molecular weight is 252 g/mol. The molecule has 0 bridgehead atoms. The number of hydrogen-bond donors (Lipinski definition) is 0. The monoisotopic (exact) mass is 252 g/mol. The first-order chi connectivity index (χ1) is 9.10. The van der Waals surface area contributed by atoms with Gasteiger partial charge in [0.2, 0.25) is 0 Å². The van der Waals surface area contributed by atoms with Gasteiger partial charge < -0.3 is 4.74 Å². The van der Waals surface area contributed by atoms with Gasteiger partial charge in [-0.15, -0.1) is 0 Å². The summed E-state index contributed by atoms with van der Waals surface area (Å²) in [5, 5.41) is 8.80. The topological polar surface area (TPSA) is 45.9 Å². The van der Waals surface area contributed by atoms with E-state index in [-0.39, 0.29) is 0 Å². The molecule has 0 saturated heterocycles. The van der Waals surface area contributed by atoms with Gasteiger partial charge in [-0.3, -0.25) is 0 Å². The second-order valence-electron chi connectivity index (χ2n) is 4.76. The van der Waals surface area contributed by atoms with E-state index in [1.165, 1.54) is 11.1 Å². The van der Waals surface area contributed by atoms with E-state index in [1.807, 2.05) is 18.2 Å². The summed E-state index contributed by atoms with van der Waals surface area (Å²) >= 11 is 0. The Bertz CT molecular complexity index is 627. The number of pyridine rings is 1. The van der Waals surface area contributed by atoms with Crippen LogP contribution in [0, 0.1) is 18.3 Å². The molecule has 0 aliphatic heterocycles. The Hall–Kier alpha value is -2.34. The van der Waals surface area contributed by atoms with E-state index in [1.54, 1.807) is 18.3 Å². The Balaban J connectivity index is 2.24. The zero-order chi connectivity index (χ0) is 13.8. The van der Waals surface area contributed by atoms with Crippen LogP contribution in [0.4, 0.5) is 0 Å². The van der Waals surface area contributed by atoms with Gasteiger partial charge in [0.25, 0.3) is 0 Å². The van der Waals surface area contributed by atoms with E-state index in [0.29, 0.717) is 17.4 Å². The molecule has 0 N–H and O–H groups in total.